The summed E-state index contributed by atoms with van der Waals surface area (Å²) in [5.41, 5.74) is 10.1. The molecule has 4 N–H and O–H groups in total. The van der Waals surface area contributed by atoms with Gasteiger partial charge in [0.25, 0.3) is 0 Å². The van der Waals surface area contributed by atoms with E-state index in [-0.39, 0.29) is 5.54 Å². The summed E-state index contributed by atoms with van der Waals surface area (Å²) in [7, 11) is 0. The smallest absolute Gasteiger partial charge is 0.144 e. The SMILES string of the molecule is CCC1(CC)C(NNCc2cccc(C)c2Cl)=Nc2ccccc2N1N. The van der Waals surface area contributed by atoms with E-state index in [1.54, 1.807) is 0 Å². The van der Waals surface area contributed by atoms with E-state index in [0.29, 0.717) is 6.54 Å². The Bertz CT molecular complexity index is 814. The monoisotopic (exact) mass is 371 g/mol. The Balaban J connectivity index is 1.84. The topological polar surface area (TPSA) is 65.7 Å². The summed E-state index contributed by atoms with van der Waals surface area (Å²) in [6.07, 6.45) is 1.68. The Labute approximate surface area is 160 Å². The highest BCUT2D eigenvalue weighted by Gasteiger charge is 2.41. The van der Waals surface area contributed by atoms with Gasteiger partial charge in [-0.25, -0.2) is 16.3 Å². The summed E-state index contributed by atoms with van der Waals surface area (Å²) >= 11 is 6.39. The molecule has 0 saturated carbocycles. The number of hydrazine groups is 2. The fraction of sp³-hybridized carbons (Fsp3) is 0.350. The molecule has 0 aliphatic carbocycles. The minimum absolute atomic E-state index is 0.377. The van der Waals surface area contributed by atoms with Crippen LogP contribution in [0, 0.1) is 6.92 Å². The number of aliphatic imine (C=N–C) groups is 1. The molecule has 0 spiro atoms. The van der Waals surface area contributed by atoms with Gasteiger partial charge in [0, 0.05) is 11.6 Å². The van der Waals surface area contributed by atoms with Crippen molar-refractivity contribution in [2.45, 2.75) is 45.7 Å². The first-order chi connectivity index (χ1) is 12.5. The maximum atomic E-state index is 6.53. The van der Waals surface area contributed by atoms with Crippen molar-refractivity contribution >= 4 is 28.8 Å². The van der Waals surface area contributed by atoms with Gasteiger partial charge in [0.05, 0.1) is 11.4 Å². The van der Waals surface area contributed by atoms with Crippen LogP contribution in [-0.2, 0) is 6.54 Å². The van der Waals surface area contributed by atoms with Crippen LogP contribution in [0.25, 0.3) is 0 Å². The third kappa shape index (κ3) is 3.18. The van der Waals surface area contributed by atoms with Crippen molar-refractivity contribution in [1.29, 1.82) is 0 Å². The fourth-order valence-electron chi connectivity index (χ4n) is 3.47. The van der Waals surface area contributed by atoms with Crippen LogP contribution in [0.15, 0.2) is 47.5 Å². The molecule has 6 heteroatoms. The Hall–Kier alpha value is -2.08. The predicted octanol–water partition coefficient (Wildman–Crippen LogP) is 4.23. The average molecular weight is 372 g/mol. The number of nitrogens with zero attached hydrogens (tertiary/aromatic N) is 2. The van der Waals surface area contributed by atoms with Crippen LogP contribution in [0.3, 0.4) is 0 Å². The van der Waals surface area contributed by atoms with E-state index in [0.717, 1.165) is 46.2 Å². The highest BCUT2D eigenvalue weighted by molar-refractivity contribution is 6.32. The maximum absolute atomic E-state index is 6.53. The van der Waals surface area contributed by atoms with Crippen LogP contribution in [0.5, 0.6) is 0 Å². The zero-order valence-electron chi connectivity index (χ0n) is 15.5. The number of rotatable bonds is 5. The second-order valence-electron chi connectivity index (χ2n) is 6.58. The zero-order valence-corrected chi connectivity index (χ0v) is 16.3. The summed E-state index contributed by atoms with van der Waals surface area (Å²) in [5, 5.41) is 2.63. The van der Waals surface area contributed by atoms with Gasteiger partial charge in [-0.2, -0.15) is 0 Å². The Morgan fingerprint density at radius 2 is 1.85 bits per heavy atom. The molecule has 0 atom stereocenters. The van der Waals surface area contributed by atoms with Crippen molar-refractivity contribution in [3.63, 3.8) is 0 Å². The van der Waals surface area contributed by atoms with E-state index < -0.39 is 0 Å². The molecule has 0 radical (unpaired) electrons. The molecule has 0 aromatic heterocycles. The summed E-state index contributed by atoms with van der Waals surface area (Å²) in [4.78, 5) is 4.85. The molecule has 0 fully saturated rings. The average Bonchev–Trinajstić information content (AvgIpc) is 2.66. The number of nitrogens with two attached hydrogens (primary N) is 1. The number of benzene rings is 2. The largest absolute Gasteiger partial charge is 0.307 e. The highest BCUT2D eigenvalue weighted by Crippen LogP contribution is 2.39. The van der Waals surface area contributed by atoms with Crippen molar-refractivity contribution in [2.75, 3.05) is 5.01 Å². The first kappa shape index (κ1) is 18.7. The van der Waals surface area contributed by atoms with Gasteiger partial charge in [0.1, 0.15) is 11.4 Å². The predicted molar refractivity (Wildman–Crippen MR) is 110 cm³/mol. The summed E-state index contributed by atoms with van der Waals surface area (Å²) in [6.45, 7) is 6.86. The molecule has 3 rings (SSSR count). The fourth-order valence-corrected chi connectivity index (χ4v) is 3.66. The number of nitrogens with one attached hydrogen (secondary N) is 2. The number of para-hydroxylation sites is 2. The van der Waals surface area contributed by atoms with Gasteiger partial charge < -0.3 is 5.43 Å². The molecule has 1 aliphatic heterocycles. The van der Waals surface area contributed by atoms with E-state index in [1.165, 1.54) is 0 Å². The van der Waals surface area contributed by atoms with Crippen molar-refractivity contribution in [2.24, 2.45) is 10.8 Å². The van der Waals surface area contributed by atoms with Gasteiger partial charge >= 0.3 is 0 Å². The Morgan fingerprint density at radius 1 is 1.12 bits per heavy atom. The van der Waals surface area contributed by atoms with Gasteiger partial charge in [0.2, 0.25) is 0 Å². The molecular weight excluding hydrogens is 346 g/mol. The third-order valence-electron chi connectivity index (χ3n) is 5.20. The first-order valence-electron chi connectivity index (χ1n) is 8.99. The Kier molecular flexibility index (Phi) is 5.51. The van der Waals surface area contributed by atoms with Crippen molar-refractivity contribution in [3.05, 3.63) is 58.6 Å². The van der Waals surface area contributed by atoms with Gasteiger partial charge in [-0.05, 0) is 43.0 Å². The number of hydrogen-bond acceptors (Lipinski definition) is 5. The van der Waals surface area contributed by atoms with Crippen LogP contribution < -0.4 is 21.7 Å². The second kappa shape index (κ2) is 7.66. The van der Waals surface area contributed by atoms with Gasteiger partial charge in [0.15, 0.2) is 0 Å². The van der Waals surface area contributed by atoms with Gasteiger partial charge in [-0.3, -0.25) is 5.01 Å². The molecule has 0 saturated heterocycles. The first-order valence-corrected chi connectivity index (χ1v) is 9.37. The van der Waals surface area contributed by atoms with Gasteiger partial charge in [-0.15, -0.1) is 0 Å². The summed E-state index contributed by atoms with van der Waals surface area (Å²) < 4.78 is 0. The number of anilines is 1. The van der Waals surface area contributed by atoms with E-state index in [9.17, 15) is 0 Å². The van der Waals surface area contributed by atoms with Crippen LogP contribution in [0.4, 0.5) is 11.4 Å². The normalized spacial score (nSPS) is 15.4. The zero-order chi connectivity index (χ0) is 18.7. The number of hydrogen-bond donors (Lipinski definition) is 3. The van der Waals surface area contributed by atoms with E-state index in [4.69, 9.17) is 22.4 Å². The molecule has 2 aromatic rings. The molecule has 0 amide bonds. The molecule has 0 bridgehead atoms. The lowest BCUT2D eigenvalue weighted by Crippen LogP contribution is -2.64. The van der Waals surface area contributed by atoms with Crippen LogP contribution in [-0.4, -0.2) is 11.4 Å². The highest BCUT2D eigenvalue weighted by atomic mass is 35.5. The van der Waals surface area contributed by atoms with Crippen LogP contribution >= 0.6 is 11.6 Å². The van der Waals surface area contributed by atoms with Crippen molar-refractivity contribution < 1.29 is 0 Å². The van der Waals surface area contributed by atoms with Crippen molar-refractivity contribution in [1.82, 2.24) is 10.9 Å². The molecule has 5 nitrogen and oxygen atoms in total. The number of fused-ring (bicyclic) bond motifs is 1. The maximum Gasteiger partial charge on any atom is 0.144 e. The summed E-state index contributed by atoms with van der Waals surface area (Å²) in [6, 6.07) is 14.0. The lowest BCUT2D eigenvalue weighted by atomic mass is 9.88. The minimum atomic E-state index is -0.377. The molecular formula is C20H26ClN5. The summed E-state index contributed by atoms with van der Waals surface area (Å²) in [5.74, 6) is 7.35. The standard InChI is InChI=1S/C20H26ClN5/c1-4-20(5-2)19(24-16-11-6-7-12-17(16)26(20)22)25-23-13-15-10-8-9-14(3)18(15)21/h6-12,23H,4-5,13,22H2,1-3H3,(H,24,25). The number of aryl methyl sites for hydroxylation is 1. The number of halogens is 1. The lowest BCUT2D eigenvalue weighted by molar-refractivity contribution is 0.449. The van der Waals surface area contributed by atoms with Crippen LogP contribution in [0.1, 0.15) is 37.8 Å². The number of amidine groups is 1. The molecule has 1 aliphatic rings. The third-order valence-corrected chi connectivity index (χ3v) is 5.74. The van der Waals surface area contributed by atoms with E-state index >= 15 is 0 Å². The Morgan fingerprint density at radius 3 is 2.58 bits per heavy atom. The molecule has 0 unspecified atom stereocenters. The van der Waals surface area contributed by atoms with Crippen LogP contribution in [0.2, 0.25) is 5.02 Å². The van der Waals surface area contributed by atoms with E-state index in [2.05, 4.69) is 24.7 Å². The quantitative estimate of drug-likeness (QED) is 0.543. The van der Waals surface area contributed by atoms with Crippen molar-refractivity contribution in [3.8, 4) is 0 Å². The van der Waals surface area contributed by atoms with Gasteiger partial charge in [-0.1, -0.05) is 55.8 Å². The lowest BCUT2D eigenvalue weighted by Gasteiger charge is -2.45. The second-order valence-corrected chi connectivity index (χ2v) is 6.96. The van der Waals surface area contributed by atoms with E-state index in [1.807, 2.05) is 54.4 Å². The molecule has 26 heavy (non-hydrogen) atoms. The minimum Gasteiger partial charge on any atom is -0.307 e. The molecule has 2 aromatic carbocycles. The molecule has 138 valence electrons. The molecule has 1 heterocycles.